The second-order valence-electron chi connectivity index (χ2n) is 9.38. The summed E-state index contributed by atoms with van der Waals surface area (Å²) >= 11 is 8.30. The summed E-state index contributed by atoms with van der Waals surface area (Å²) in [6.07, 6.45) is 0. The van der Waals surface area contributed by atoms with E-state index in [1.54, 1.807) is 11.3 Å². The second-order valence-corrected chi connectivity index (χ2v) is 10.8. The van der Waals surface area contributed by atoms with Gasteiger partial charge in [0.1, 0.15) is 0 Å². The number of aromatic nitrogens is 3. The molecule has 6 aromatic carbocycles. The van der Waals surface area contributed by atoms with Gasteiger partial charge in [-0.2, -0.15) is 9.97 Å². The molecule has 8 aromatic rings. The first-order valence-electron chi connectivity index (χ1n) is 12.4. The van der Waals surface area contributed by atoms with E-state index < -0.39 is 0 Å². The fourth-order valence-corrected chi connectivity index (χ4v) is 6.90. The number of thiophene rings is 1. The van der Waals surface area contributed by atoms with Gasteiger partial charge in [0.2, 0.25) is 5.28 Å². The van der Waals surface area contributed by atoms with Gasteiger partial charge in [-0.1, -0.05) is 91.0 Å². The molecule has 0 bridgehead atoms. The monoisotopic (exact) mass is 523 g/mol. The van der Waals surface area contributed by atoms with E-state index in [1.807, 2.05) is 0 Å². The van der Waals surface area contributed by atoms with Gasteiger partial charge in [0.25, 0.3) is 0 Å². The van der Waals surface area contributed by atoms with Crippen LogP contribution in [0.3, 0.4) is 0 Å². The number of hydrogen-bond donors (Lipinski definition) is 0. The van der Waals surface area contributed by atoms with Gasteiger partial charge in [-0.25, -0.2) is 4.98 Å². The maximum atomic E-state index is 6.52. The van der Waals surface area contributed by atoms with E-state index in [2.05, 4.69) is 119 Å². The summed E-state index contributed by atoms with van der Waals surface area (Å²) in [6, 6.07) is 38.3. The van der Waals surface area contributed by atoms with Crippen LogP contribution in [0.1, 0.15) is 0 Å². The maximum Gasteiger partial charge on any atom is 0.226 e. The molecular weight excluding hydrogens is 506 g/mol. The van der Waals surface area contributed by atoms with Crippen molar-refractivity contribution in [2.24, 2.45) is 0 Å². The van der Waals surface area contributed by atoms with Gasteiger partial charge in [0.05, 0.1) is 0 Å². The summed E-state index contributed by atoms with van der Waals surface area (Å²) in [5.74, 6) is 1.15. The molecule has 0 aliphatic rings. The quantitative estimate of drug-likeness (QED) is 0.212. The smallest absolute Gasteiger partial charge is 0.208 e. The lowest BCUT2D eigenvalue weighted by molar-refractivity contribution is 1.07. The van der Waals surface area contributed by atoms with Gasteiger partial charge >= 0.3 is 0 Å². The predicted octanol–water partition coefficient (Wildman–Crippen LogP) is 9.69. The molecule has 0 unspecified atom stereocenters. The maximum absolute atomic E-state index is 6.52. The van der Waals surface area contributed by atoms with Crippen LogP contribution < -0.4 is 0 Å². The van der Waals surface area contributed by atoms with Crippen LogP contribution in [-0.4, -0.2) is 15.0 Å². The fraction of sp³-hybridized carbons (Fsp3) is 0. The average molecular weight is 524 g/mol. The molecular formula is C33H18ClN3S. The zero-order chi connectivity index (χ0) is 25.2. The lowest BCUT2D eigenvalue weighted by atomic mass is 9.93. The predicted molar refractivity (Wildman–Crippen MR) is 161 cm³/mol. The summed E-state index contributed by atoms with van der Waals surface area (Å²) in [6.45, 7) is 0. The lowest BCUT2D eigenvalue weighted by Crippen LogP contribution is -1.97. The van der Waals surface area contributed by atoms with E-state index in [9.17, 15) is 0 Å². The molecule has 38 heavy (non-hydrogen) atoms. The Bertz CT molecular complexity index is 2180. The van der Waals surface area contributed by atoms with Gasteiger partial charge in [0, 0.05) is 31.3 Å². The van der Waals surface area contributed by atoms with E-state index in [4.69, 9.17) is 16.6 Å². The minimum Gasteiger partial charge on any atom is -0.208 e. The van der Waals surface area contributed by atoms with Crippen molar-refractivity contribution in [2.45, 2.75) is 0 Å². The molecule has 0 aliphatic carbocycles. The lowest BCUT2D eigenvalue weighted by Gasteiger charge is -2.12. The van der Waals surface area contributed by atoms with Crippen molar-refractivity contribution in [1.29, 1.82) is 0 Å². The summed E-state index contributed by atoms with van der Waals surface area (Å²) in [5, 5.41) is 9.84. The largest absolute Gasteiger partial charge is 0.226 e. The van der Waals surface area contributed by atoms with Crippen LogP contribution in [0.15, 0.2) is 109 Å². The van der Waals surface area contributed by atoms with Crippen molar-refractivity contribution in [2.75, 3.05) is 0 Å². The van der Waals surface area contributed by atoms with Crippen molar-refractivity contribution in [3.63, 3.8) is 0 Å². The Morgan fingerprint density at radius 2 is 1.05 bits per heavy atom. The van der Waals surface area contributed by atoms with Crippen molar-refractivity contribution < 1.29 is 0 Å². The summed E-state index contributed by atoms with van der Waals surface area (Å²) in [4.78, 5) is 14.1. The molecule has 0 aliphatic heterocycles. The van der Waals surface area contributed by atoms with Gasteiger partial charge < -0.3 is 0 Å². The van der Waals surface area contributed by atoms with Crippen LogP contribution in [0, 0.1) is 0 Å². The third kappa shape index (κ3) is 3.24. The minimum atomic E-state index is 0.185. The van der Waals surface area contributed by atoms with Gasteiger partial charge in [-0.05, 0) is 62.1 Å². The highest BCUT2D eigenvalue weighted by molar-refractivity contribution is 7.25. The molecule has 3 nitrogen and oxygen atoms in total. The Morgan fingerprint density at radius 1 is 0.474 bits per heavy atom. The number of hydrogen-bond acceptors (Lipinski definition) is 4. The minimum absolute atomic E-state index is 0.185. The molecule has 178 valence electrons. The zero-order valence-electron chi connectivity index (χ0n) is 20.0. The average Bonchev–Trinajstić information content (AvgIpc) is 3.36. The highest BCUT2D eigenvalue weighted by Gasteiger charge is 2.16. The summed E-state index contributed by atoms with van der Waals surface area (Å²) in [5.41, 5.74) is 1.87. The standard InChI is InChI=1S/C33H18ClN3S/c34-33-36-31(35-32(37-33)26-13-7-15-29-30(26)25-12-5-6-14-28(25)38-29)19-16-17-24-22-10-2-1-8-20(22)21-9-3-4-11-23(21)27(24)18-19/h1-18H. The first kappa shape index (κ1) is 21.7. The third-order valence-electron chi connectivity index (χ3n) is 7.25. The van der Waals surface area contributed by atoms with Gasteiger partial charge in [0.15, 0.2) is 11.6 Å². The molecule has 2 aromatic heterocycles. The molecule has 2 heterocycles. The number of halogens is 1. The number of benzene rings is 6. The van der Waals surface area contributed by atoms with E-state index in [0.29, 0.717) is 11.6 Å². The van der Waals surface area contributed by atoms with Crippen molar-refractivity contribution in [1.82, 2.24) is 15.0 Å². The molecule has 0 N–H and O–H groups in total. The molecule has 5 heteroatoms. The Kier molecular flexibility index (Phi) is 4.75. The van der Waals surface area contributed by atoms with Crippen LogP contribution in [-0.2, 0) is 0 Å². The molecule has 0 saturated carbocycles. The van der Waals surface area contributed by atoms with Crippen LogP contribution in [0.5, 0.6) is 0 Å². The van der Waals surface area contributed by atoms with Crippen LogP contribution >= 0.6 is 22.9 Å². The topological polar surface area (TPSA) is 38.7 Å². The first-order chi connectivity index (χ1) is 18.7. The van der Waals surface area contributed by atoms with Gasteiger partial charge in [-0.15, -0.1) is 11.3 Å². The summed E-state index contributed by atoms with van der Waals surface area (Å²) in [7, 11) is 0. The molecule has 0 atom stereocenters. The van der Waals surface area contributed by atoms with Crippen molar-refractivity contribution >= 4 is 75.4 Å². The zero-order valence-corrected chi connectivity index (χ0v) is 21.6. The number of nitrogens with zero attached hydrogens (tertiary/aromatic N) is 3. The Balaban J connectivity index is 1.38. The first-order valence-corrected chi connectivity index (χ1v) is 13.6. The van der Waals surface area contributed by atoms with E-state index >= 15 is 0 Å². The highest BCUT2D eigenvalue weighted by atomic mass is 35.5. The van der Waals surface area contributed by atoms with Crippen LogP contribution in [0.2, 0.25) is 5.28 Å². The van der Waals surface area contributed by atoms with E-state index in [-0.39, 0.29) is 5.28 Å². The number of rotatable bonds is 2. The SMILES string of the molecule is Clc1nc(-c2ccc3c4ccccc4c4ccccc4c3c2)nc(-c2cccc3sc4ccccc4c23)n1. The van der Waals surface area contributed by atoms with Crippen LogP contribution in [0.25, 0.3) is 75.3 Å². The Hall–Kier alpha value is -4.38. The molecule has 0 fully saturated rings. The van der Waals surface area contributed by atoms with Crippen molar-refractivity contribution in [3.8, 4) is 22.8 Å². The second kappa shape index (κ2) is 8.32. The molecule has 0 saturated heterocycles. The normalized spacial score (nSPS) is 11.8. The Labute approximate surface area is 227 Å². The van der Waals surface area contributed by atoms with E-state index in [1.165, 1.54) is 47.1 Å². The Morgan fingerprint density at radius 3 is 1.79 bits per heavy atom. The number of fused-ring (bicyclic) bond motifs is 9. The van der Waals surface area contributed by atoms with Crippen molar-refractivity contribution in [3.05, 3.63) is 114 Å². The summed E-state index contributed by atoms with van der Waals surface area (Å²) < 4.78 is 2.44. The molecule has 0 radical (unpaired) electrons. The fourth-order valence-electron chi connectivity index (χ4n) is 5.61. The highest BCUT2D eigenvalue weighted by Crippen LogP contribution is 2.40. The molecule has 0 spiro atoms. The van der Waals surface area contributed by atoms with Crippen LogP contribution in [0.4, 0.5) is 0 Å². The molecule has 8 rings (SSSR count). The molecule has 0 amide bonds. The third-order valence-corrected chi connectivity index (χ3v) is 8.56. The van der Waals surface area contributed by atoms with E-state index in [0.717, 1.165) is 16.5 Å². The van der Waals surface area contributed by atoms with Gasteiger partial charge in [-0.3, -0.25) is 0 Å².